The molecule has 2 unspecified atom stereocenters. The molecule has 0 amide bonds. The fraction of sp³-hybridized carbons (Fsp3) is 0.647. The summed E-state index contributed by atoms with van der Waals surface area (Å²) in [6.45, 7) is 6.95. The summed E-state index contributed by atoms with van der Waals surface area (Å²) in [5.41, 5.74) is 1.40. The maximum Gasteiger partial charge on any atom is 0.0434 e. The molecule has 0 aliphatic carbocycles. The van der Waals surface area contributed by atoms with Crippen molar-refractivity contribution in [3.8, 4) is 0 Å². The van der Waals surface area contributed by atoms with Crippen molar-refractivity contribution in [2.45, 2.75) is 38.8 Å². The summed E-state index contributed by atoms with van der Waals surface area (Å²) >= 11 is 0. The molecule has 1 heterocycles. The smallest absolute Gasteiger partial charge is 0.0434 e. The van der Waals surface area contributed by atoms with Crippen LogP contribution in [0.2, 0.25) is 0 Å². The zero-order valence-electron chi connectivity index (χ0n) is 12.6. The van der Waals surface area contributed by atoms with E-state index in [0.717, 1.165) is 32.5 Å². The minimum Gasteiger partial charge on any atom is -0.396 e. The van der Waals surface area contributed by atoms with Crippen LogP contribution in [-0.2, 0) is 6.54 Å². The molecule has 3 heteroatoms. The third-order valence-corrected chi connectivity index (χ3v) is 4.33. The Bertz CT molecular complexity index is 369. The van der Waals surface area contributed by atoms with E-state index in [2.05, 4.69) is 47.5 Å². The van der Waals surface area contributed by atoms with Gasteiger partial charge < -0.3 is 10.4 Å². The van der Waals surface area contributed by atoms with Gasteiger partial charge in [0.05, 0.1) is 0 Å². The molecular formula is C17H28N2O. The van der Waals surface area contributed by atoms with E-state index in [4.69, 9.17) is 5.11 Å². The van der Waals surface area contributed by atoms with Crippen LogP contribution >= 0.6 is 0 Å². The summed E-state index contributed by atoms with van der Waals surface area (Å²) in [5, 5.41) is 12.7. The van der Waals surface area contributed by atoms with Gasteiger partial charge in [-0.2, -0.15) is 0 Å². The molecule has 2 atom stereocenters. The lowest BCUT2D eigenvalue weighted by Crippen LogP contribution is -2.35. The second-order valence-corrected chi connectivity index (χ2v) is 5.90. The Morgan fingerprint density at radius 2 is 2.15 bits per heavy atom. The third-order valence-electron chi connectivity index (χ3n) is 4.33. The van der Waals surface area contributed by atoms with E-state index in [0.29, 0.717) is 18.6 Å². The third kappa shape index (κ3) is 4.89. The Balaban J connectivity index is 1.70. The number of hydrogen-bond donors (Lipinski definition) is 2. The molecule has 1 fully saturated rings. The molecule has 20 heavy (non-hydrogen) atoms. The van der Waals surface area contributed by atoms with Crippen LogP contribution in [0.15, 0.2) is 30.3 Å². The van der Waals surface area contributed by atoms with Crippen molar-refractivity contribution in [2.75, 3.05) is 26.2 Å². The number of hydrogen-bond acceptors (Lipinski definition) is 3. The maximum atomic E-state index is 9.03. The van der Waals surface area contributed by atoms with Gasteiger partial charge in [-0.25, -0.2) is 0 Å². The Morgan fingerprint density at radius 1 is 1.35 bits per heavy atom. The Kier molecular flexibility index (Phi) is 6.51. The number of likely N-dealkylation sites (tertiary alicyclic amines) is 1. The predicted octanol–water partition coefficient (Wildman–Crippen LogP) is 2.26. The van der Waals surface area contributed by atoms with Crippen LogP contribution in [0.25, 0.3) is 0 Å². The van der Waals surface area contributed by atoms with Crippen LogP contribution in [0, 0.1) is 5.92 Å². The molecule has 1 aliphatic heterocycles. The first-order valence-corrected chi connectivity index (χ1v) is 7.92. The van der Waals surface area contributed by atoms with E-state index in [9.17, 15) is 0 Å². The van der Waals surface area contributed by atoms with Crippen molar-refractivity contribution in [1.29, 1.82) is 0 Å². The maximum absolute atomic E-state index is 9.03. The SMILES string of the molecule is CCC(CCO)CNC1CCN(Cc2ccccc2)C1. The minimum atomic E-state index is 0.311. The highest BCUT2D eigenvalue weighted by Crippen LogP contribution is 2.14. The second-order valence-electron chi connectivity index (χ2n) is 5.90. The highest BCUT2D eigenvalue weighted by molar-refractivity contribution is 5.14. The van der Waals surface area contributed by atoms with Crippen LogP contribution < -0.4 is 5.32 Å². The van der Waals surface area contributed by atoms with Gasteiger partial charge in [0.2, 0.25) is 0 Å². The zero-order valence-corrected chi connectivity index (χ0v) is 12.6. The molecule has 2 N–H and O–H groups in total. The molecule has 0 aromatic heterocycles. The molecule has 112 valence electrons. The Labute approximate surface area is 123 Å². The first-order valence-electron chi connectivity index (χ1n) is 7.92. The Hall–Kier alpha value is -0.900. The Morgan fingerprint density at radius 3 is 2.85 bits per heavy atom. The van der Waals surface area contributed by atoms with E-state index in [1.807, 2.05) is 0 Å². The first kappa shape index (κ1) is 15.5. The molecule has 0 spiro atoms. The monoisotopic (exact) mass is 276 g/mol. The lowest BCUT2D eigenvalue weighted by atomic mass is 10.0. The highest BCUT2D eigenvalue weighted by atomic mass is 16.3. The fourth-order valence-corrected chi connectivity index (χ4v) is 2.95. The van der Waals surface area contributed by atoms with Crippen LogP contribution in [0.3, 0.4) is 0 Å². The summed E-state index contributed by atoms with van der Waals surface area (Å²) in [6, 6.07) is 11.3. The van der Waals surface area contributed by atoms with Crippen LogP contribution in [0.4, 0.5) is 0 Å². The molecule has 0 saturated carbocycles. The molecule has 3 nitrogen and oxygen atoms in total. The van der Waals surface area contributed by atoms with Crippen molar-refractivity contribution in [3.05, 3.63) is 35.9 Å². The van der Waals surface area contributed by atoms with Gasteiger partial charge in [-0.3, -0.25) is 4.90 Å². The van der Waals surface area contributed by atoms with Crippen LogP contribution in [0.5, 0.6) is 0 Å². The minimum absolute atomic E-state index is 0.311. The van der Waals surface area contributed by atoms with Gasteiger partial charge in [-0.1, -0.05) is 43.7 Å². The van der Waals surface area contributed by atoms with Crippen molar-refractivity contribution in [2.24, 2.45) is 5.92 Å². The van der Waals surface area contributed by atoms with Crippen molar-refractivity contribution < 1.29 is 5.11 Å². The molecule has 2 rings (SSSR count). The lowest BCUT2D eigenvalue weighted by molar-refractivity contribution is 0.247. The molecule has 1 saturated heterocycles. The van der Waals surface area contributed by atoms with Crippen LogP contribution in [0.1, 0.15) is 31.7 Å². The number of benzene rings is 1. The number of nitrogens with one attached hydrogen (secondary N) is 1. The standard InChI is InChI=1S/C17H28N2O/c1-2-15(9-11-20)12-18-17-8-10-19(14-17)13-16-6-4-3-5-7-16/h3-7,15,17-18,20H,2,8-14H2,1H3. The van der Waals surface area contributed by atoms with E-state index >= 15 is 0 Å². The quantitative estimate of drug-likeness (QED) is 0.764. The van der Waals surface area contributed by atoms with Gasteiger partial charge in [0, 0.05) is 32.3 Å². The average molecular weight is 276 g/mol. The second kappa shape index (κ2) is 8.40. The van der Waals surface area contributed by atoms with Crippen molar-refractivity contribution in [3.63, 3.8) is 0 Å². The summed E-state index contributed by atoms with van der Waals surface area (Å²) in [7, 11) is 0. The number of rotatable bonds is 8. The van der Waals surface area contributed by atoms with Crippen LogP contribution in [-0.4, -0.2) is 42.3 Å². The number of aliphatic hydroxyl groups is 1. The number of aliphatic hydroxyl groups excluding tert-OH is 1. The van der Waals surface area contributed by atoms with E-state index in [-0.39, 0.29) is 0 Å². The van der Waals surface area contributed by atoms with Gasteiger partial charge in [-0.15, -0.1) is 0 Å². The summed E-state index contributed by atoms with van der Waals surface area (Å²) in [4.78, 5) is 2.53. The van der Waals surface area contributed by atoms with E-state index in [1.54, 1.807) is 0 Å². The molecule has 1 aliphatic rings. The van der Waals surface area contributed by atoms with Crippen molar-refractivity contribution >= 4 is 0 Å². The highest BCUT2D eigenvalue weighted by Gasteiger charge is 2.22. The normalized spacial score (nSPS) is 21.2. The largest absolute Gasteiger partial charge is 0.396 e. The lowest BCUT2D eigenvalue weighted by Gasteiger charge is -2.19. The summed E-state index contributed by atoms with van der Waals surface area (Å²) in [5.74, 6) is 0.614. The summed E-state index contributed by atoms with van der Waals surface area (Å²) < 4.78 is 0. The average Bonchev–Trinajstić information content (AvgIpc) is 2.92. The van der Waals surface area contributed by atoms with Gasteiger partial charge in [0.1, 0.15) is 0 Å². The fourth-order valence-electron chi connectivity index (χ4n) is 2.95. The van der Waals surface area contributed by atoms with Gasteiger partial charge in [0.15, 0.2) is 0 Å². The zero-order chi connectivity index (χ0) is 14.2. The molecular weight excluding hydrogens is 248 g/mol. The van der Waals surface area contributed by atoms with Crippen molar-refractivity contribution in [1.82, 2.24) is 10.2 Å². The topological polar surface area (TPSA) is 35.5 Å². The first-order chi connectivity index (χ1) is 9.81. The molecule has 0 bridgehead atoms. The molecule has 1 aromatic carbocycles. The molecule has 1 aromatic rings. The summed E-state index contributed by atoms with van der Waals surface area (Å²) in [6.07, 6.45) is 3.31. The number of nitrogens with zero attached hydrogens (tertiary/aromatic N) is 1. The van der Waals surface area contributed by atoms with Gasteiger partial charge >= 0.3 is 0 Å². The van der Waals surface area contributed by atoms with E-state index < -0.39 is 0 Å². The molecule has 0 radical (unpaired) electrons. The predicted molar refractivity (Wildman–Crippen MR) is 83.6 cm³/mol. The van der Waals surface area contributed by atoms with E-state index in [1.165, 1.54) is 18.5 Å². The van der Waals surface area contributed by atoms with Gasteiger partial charge in [0.25, 0.3) is 0 Å². The van der Waals surface area contributed by atoms with Gasteiger partial charge in [-0.05, 0) is 30.9 Å².